The van der Waals surface area contributed by atoms with Crippen molar-refractivity contribution in [3.8, 4) is 5.75 Å². The summed E-state index contributed by atoms with van der Waals surface area (Å²) in [5.41, 5.74) is 1.09. The number of amides is 1. The van der Waals surface area contributed by atoms with Gasteiger partial charge >= 0.3 is 6.55 Å². The number of carbonyl (C=O) groups is 1. The van der Waals surface area contributed by atoms with E-state index in [1.807, 2.05) is 19.1 Å². The second-order valence-electron chi connectivity index (χ2n) is 5.30. The lowest BCUT2D eigenvalue weighted by atomic mass is 10.2. The fraction of sp³-hybridized carbons (Fsp3) is 0.375. The van der Waals surface area contributed by atoms with Gasteiger partial charge < -0.3 is 9.64 Å². The average molecular weight is 323 g/mol. The van der Waals surface area contributed by atoms with E-state index in [-0.39, 0.29) is 18.3 Å². The van der Waals surface area contributed by atoms with Gasteiger partial charge in [-0.2, -0.15) is 8.78 Å². The van der Waals surface area contributed by atoms with Crippen molar-refractivity contribution in [1.82, 2.24) is 14.5 Å². The zero-order valence-corrected chi connectivity index (χ0v) is 13.2. The molecule has 0 fully saturated rings. The Balaban J connectivity index is 1.98. The molecule has 1 aromatic carbocycles. The first-order valence-corrected chi connectivity index (χ1v) is 7.16. The lowest BCUT2D eigenvalue weighted by Crippen LogP contribution is -2.38. The van der Waals surface area contributed by atoms with Crippen molar-refractivity contribution >= 4 is 5.91 Å². The van der Waals surface area contributed by atoms with Crippen LogP contribution in [0, 0.1) is 6.92 Å². The summed E-state index contributed by atoms with van der Waals surface area (Å²) in [4.78, 5) is 17.5. The van der Waals surface area contributed by atoms with Gasteiger partial charge in [-0.3, -0.25) is 9.36 Å². The van der Waals surface area contributed by atoms with Crippen LogP contribution in [0.5, 0.6) is 5.75 Å². The maximum absolute atomic E-state index is 12.8. The number of benzene rings is 1. The minimum atomic E-state index is -2.68. The Morgan fingerprint density at radius 3 is 2.61 bits per heavy atom. The normalized spacial score (nSPS) is 12.3. The fourth-order valence-electron chi connectivity index (χ4n) is 2.12. The number of aromatic nitrogens is 2. The molecule has 2 rings (SSSR count). The van der Waals surface area contributed by atoms with Crippen LogP contribution in [-0.4, -0.2) is 33.5 Å². The molecule has 0 aliphatic heterocycles. The van der Waals surface area contributed by atoms with Crippen molar-refractivity contribution in [1.29, 1.82) is 0 Å². The zero-order valence-electron chi connectivity index (χ0n) is 13.2. The van der Waals surface area contributed by atoms with Gasteiger partial charge in [-0.25, -0.2) is 4.98 Å². The third-order valence-corrected chi connectivity index (χ3v) is 3.40. The molecule has 0 saturated heterocycles. The molecule has 1 aromatic heterocycles. The molecule has 1 unspecified atom stereocenters. The van der Waals surface area contributed by atoms with Gasteiger partial charge in [-0.15, -0.1) is 0 Å². The SMILES string of the molecule is Cc1ccc(OC(C)C(=O)N(C)Cc2nccn2C(F)F)cc1. The number of hydrogen-bond acceptors (Lipinski definition) is 3. The van der Waals surface area contributed by atoms with Gasteiger partial charge in [-0.1, -0.05) is 17.7 Å². The summed E-state index contributed by atoms with van der Waals surface area (Å²) in [6.07, 6.45) is 1.74. The second-order valence-corrected chi connectivity index (χ2v) is 5.30. The largest absolute Gasteiger partial charge is 0.481 e. The van der Waals surface area contributed by atoms with E-state index in [1.165, 1.54) is 24.3 Å². The monoisotopic (exact) mass is 323 g/mol. The highest BCUT2D eigenvalue weighted by Gasteiger charge is 2.21. The van der Waals surface area contributed by atoms with E-state index in [0.717, 1.165) is 10.1 Å². The van der Waals surface area contributed by atoms with Crippen molar-refractivity contribution in [3.63, 3.8) is 0 Å². The third-order valence-electron chi connectivity index (χ3n) is 3.40. The molecule has 5 nitrogen and oxygen atoms in total. The van der Waals surface area contributed by atoms with Gasteiger partial charge in [0.15, 0.2) is 6.10 Å². The number of halogens is 2. The number of imidazole rings is 1. The van der Waals surface area contributed by atoms with Gasteiger partial charge in [0.25, 0.3) is 5.91 Å². The maximum atomic E-state index is 12.8. The highest BCUT2D eigenvalue weighted by molar-refractivity contribution is 5.80. The van der Waals surface area contributed by atoms with Gasteiger partial charge in [0.05, 0.1) is 6.54 Å². The Bertz CT molecular complexity index is 656. The number of aryl methyl sites for hydroxylation is 1. The molecule has 1 atom stereocenters. The van der Waals surface area contributed by atoms with E-state index in [4.69, 9.17) is 4.74 Å². The molecule has 0 aliphatic carbocycles. The number of nitrogens with zero attached hydrogens (tertiary/aromatic N) is 3. The van der Waals surface area contributed by atoms with E-state index in [2.05, 4.69) is 4.98 Å². The Kier molecular flexibility index (Phi) is 5.31. The summed E-state index contributed by atoms with van der Waals surface area (Å²) in [5.74, 6) is 0.395. The lowest BCUT2D eigenvalue weighted by molar-refractivity contribution is -0.137. The molecule has 1 heterocycles. The van der Waals surface area contributed by atoms with Crippen LogP contribution in [0.3, 0.4) is 0 Å². The first-order chi connectivity index (χ1) is 10.9. The first kappa shape index (κ1) is 16.9. The molecule has 23 heavy (non-hydrogen) atoms. The molecule has 7 heteroatoms. The second kappa shape index (κ2) is 7.21. The molecule has 0 radical (unpaired) electrons. The van der Waals surface area contributed by atoms with Crippen LogP contribution in [0.4, 0.5) is 8.78 Å². The van der Waals surface area contributed by atoms with E-state index in [1.54, 1.807) is 19.1 Å². The van der Waals surface area contributed by atoms with Crippen molar-refractivity contribution in [2.24, 2.45) is 0 Å². The van der Waals surface area contributed by atoms with Crippen LogP contribution in [0.15, 0.2) is 36.7 Å². The topological polar surface area (TPSA) is 47.4 Å². The lowest BCUT2D eigenvalue weighted by Gasteiger charge is -2.22. The molecule has 0 N–H and O–H groups in total. The van der Waals surface area contributed by atoms with Crippen LogP contribution in [0.1, 0.15) is 24.9 Å². The standard InChI is InChI=1S/C16H19F2N3O2/c1-11-4-6-13(7-5-11)23-12(2)15(22)20(3)10-14-19-8-9-21(14)16(17)18/h4-9,12,16H,10H2,1-3H3. The smallest absolute Gasteiger partial charge is 0.319 e. The summed E-state index contributed by atoms with van der Waals surface area (Å²) >= 11 is 0. The van der Waals surface area contributed by atoms with E-state index < -0.39 is 12.7 Å². The summed E-state index contributed by atoms with van der Waals surface area (Å²) in [6.45, 7) is 0.880. The van der Waals surface area contributed by atoms with Crippen LogP contribution in [-0.2, 0) is 11.3 Å². The van der Waals surface area contributed by atoms with Crippen LogP contribution >= 0.6 is 0 Å². The number of ether oxygens (including phenoxy) is 1. The summed E-state index contributed by atoms with van der Waals surface area (Å²) in [6, 6.07) is 7.33. The number of carbonyl (C=O) groups excluding carboxylic acids is 1. The van der Waals surface area contributed by atoms with Crippen molar-refractivity contribution in [2.45, 2.75) is 33.0 Å². The van der Waals surface area contributed by atoms with Gasteiger partial charge in [-0.05, 0) is 26.0 Å². The van der Waals surface area contributed by atoms with Gasteiger partial charge in [0.2, 0.25) is 0 Å². The highest BCUT2D eigenvalue weighted by atomic mass is 19.3. The van der Waals surface area contributed by atoms with Crippen molar-refractivity contribution < 1.29 is 18.3 Å². The number of likely N-dealkylation sites (N-methyl/N-ethyl adjacent to an activating group) is 1. The summed E-state index contributed by atoms with van der Waals surface area (Å²) in [7, 11) is 1.53. The molecular formula is C16H19F2N3O2. The van der Waals surface area contributed by atoms with Crippen molar-refractivity contribution in [2.75, 3.05) is 7.05 Å². The Morgan fingerprint density at radius 1 is 1.35 bits per heavy atom. The molecule has 0 bridgehead atoms. The number of alkyl halides is 2. The third kappa shape index (κ3) is 4.28. The van der Waals surface area contributed by atoms with E-state index >= 15 is 0 Å². The van der Waals surface area contributed by atoms with Crippen LogP contribution in [0.2, 0.25) is 0 Å². The van der Waals surface area contributed by atoms with Gasteiger partial charge in [0.1, 0.15) is 11.6 Å². The van der Waals surface area contributed by atoms with Crippen LogP contribution < -0.4 is 4.74 Å². The van der Waals surface area contributed by atoms with Crippen molar-refractivity contribution in [3.05, 3.63) is 48.0 Å². The molecule has 124 valence electrons. The molecular weight excluding hydrogens is 304 g/mol. The van der Waals surface area contributed by atoms with E-state index in [9.17, 15) is 13.6 Å². The predicted octanol–water partition coefficient (Wildman–Crippen LogP) is 3.01. The Morgan fingerprint density at radius 2 is 2.00 bits per heavy atom. The first-order valence-electron chi connectivity index (χ1n) is 7.16. The molecule has 0 aliphatic rings. The minimum absolute atomic E-state index is 0.0161. The average Bonchev–Trinajstić information content (AvgIpc) is 2.97. The van der Waals surface area contributed by atoms with Crippen LogP contribution in [0.25, 0.3) is 0 Å². The Hall–Kier alpha value is -2.44. The number of rotatable bonds is 6. The molecule has 2 aromatic rings. The number of hydrogen-bond donors (Lipinski definition) is 0. The molecule has 1 amide bonds. The maximum Gasteiger partial charge on any atom is 0.319 e. The fourth-order valence-corrected chi connectivity index (χ4v) is 2.12. The predicted molar refractivity (Wildman–Crippen MR) is 81.2 cm³/mol. The molecule has 0 saturated carbocycles. The summed E-state index contributed by atoms with van der Waals surface area (Å²) < 4.78 is 31.9. The molecule has 0 spiro atoms. The van der Waals surface area contributed by atoms with E-state index in [0.29, 0.717) is 5.75 Å². The Labute approximate surface area is 133 Å². The minimum Gasteiger partial charge on any atom is -0.481 e. The quantitative estimate of drug-likeness (QED) is 0.821. The van der Waals surface area contributed by atoms with Gasteiger partial charge in [0, 0.05) is 19.4 Å². The zero-order chi connectivity index (χ0) is 17.0. The summed E-state index contributed by atoms with van der Waals surface area (Å²) in [5, 5.41) is 0. The highest BCUT2D eigenvalue weighted by Crippen LogP contribution is 2.16.